The first-order chi connectivity index (χ1) is 10.4. The van der Waals surface area contributed by atoms with E-state index in [9.17, 15) is 9.90 Å². The van der Waals surface area contributed by atoms with Gasteiger partial charge in [0, 0.05) is 18.4 Å². The number of carbonyl (C=O) groups is 1. The summed E-state index contributed by atoms with van der Waals surface area (Å²) < 4.78 is 5.78. The number of nitrogens with one attached hydrogen (secondary N) is 1. The Hall–Kier alpha value is -1.55. The van der Waals surface area contributed by atoms with Gasteiger partial charge >= 0.3 is 0 Å². The van der Waals surface area contributed by atoms with Crippen LogP contribution < -0.4 is 10.1 Å². The molecule has 0 saturated carbocycles. The maximum Gasteiger partial charge on any atom is 0.220 e. The standard InChI is InChI=1S/C18H27NO3/c1-5-17(21)19-15-6-7-22-18-12(4)9-13(10-14(15)18)16(20)8-11(2)3/h9-11,15-16,20H,5-8H2,1-4H3,(H,19,21). The fourth-order valence-corrected chi connectivity index (χ4v) is 2.94. The first-order valence-electron chi connectivity index (χ1n) is 8.17. The molecule has 0 saturated heterocycles. The topological polar surface area (TPSA) is 58.6 Å². The lowest BCUT2D eigenvalue weighted by Gasteiger charge is -2.29. The van der Waals surface area contributed by atoms with E-state index in [0.29, 0.717) is 18.9 Å². The van der Waals surface area contributed by atoms with Crippen molar-refractivity contribution in [2.24, 2.45) is 5.92 Å². The highest BCUT2D eigenvalue weighted by molar-refractivity contribution is 5.76. The smallest absolute Gasteiger partial charge is 0.220 e. The predicted molar refractivity (Wildman–Crippen MR) is 86.9 cm³/mol. The minimum Gasteiger partial charge on any atom is -0.493 e. The monoisotopic (exact) mass is 305 g/mol. The molecule has 4 nitrogen and oxygen atoms in total. The lowest BCUT2D eigenvalue weighted by atomic mass is 9.91. The van der Waals surface area contributed by atoms with Crippen LogP contribution in [0.25, 0.3) is 0 Å². The second-order valence-corrected chi connectivity index (χ2v) is 6.51. The fourth-order valence-electron chi connectivity index (χ4n) is 2.94. The number of carbonyl (C=O) groups excluding carboxylic acids is 1. The molecule has 1 aliphatic heterocycles. The second kappa shape index (κ2) is 7.14. The number of aryl methyl sites for hydroxylation is 1. The Balaban J connectivity index is 2.33. The molecule has 2 unspecified atom stereocenters. The maximum atomic E-state index is 11.7. The van der Waals surface area contributed by atoms with Gasteiger partial charge in [0.2, 0.25) is 5.91 Å². The van der Waals surface area contributed by atoms with Gasteiger partial charge in [-0.2, -0.15) is 0 Å². The van der Waals surface area contributed by atoms with Gasteiger partial charge < -0.3 is 15.2 Å². The van der Waals surface area contributed by atoms with Crippen molar-refractivity contribution in [3.63, 3.8) is 0 Å². The zero-order valence-corrected chi connectivity index (χ0v) is 14.0. The van der Waals surface area contributed by atoms with E-state index in [4.69, 9.17) is 4.74 Å². The van der Waals surface area contributed by atoms with Gasteiger partial charge in [-0.25, -0.2) is 0 Å². The number of rotatable bonds is 5. The lowest BCUT2D eigenvalue weighted by molar-refractivity contribution is -0.121. The lowest BCUT2D eigenvalue weighted by Crippen LogP contribution is -2.32. The highest BCUT2D eigenvalue weighted by Crippen LogP contribution is 2.38. The summed E-state index contributed by atoms with van der Waals surface area (Å²) in [5, 5.41) is 13.5. The van der Waals surface area contributed by atoms with Crippen molar-refractivity contribution < 1.29 is 14.6 Å². The van der Waals surface area contributed by atoms with Crippen molar-refractivity contribution in [1.82, 2.24) is 5.32 Å². The zero-order chi connectivity index (χ0) is 16.3. The molecule has 0 radical (unpaired) electrons. The van der Waals surface area contributed by atoms with Crippen LogP contribution >= 0.6 is 0 Å². The quantitative estimate of drug-likeness (QED) is 0.876. The number of amides is 1. The molecule has 2 atom stereocenters. The van der Waals surface area contributed by atoms with Crippen LogP contribution in [-0.4, -0.2) is 17.6 Å². The SMILES string of the molecule is CCC(=O)NC1CCOc2c(C)cc(C(O)CC(C)C)cc21. The first kappa shape index (κ1) is 16.8. The molecule has 1 heterocycles. The van der Waals surface area contributed by atoms with Gasteiger partial charge in [0.15, 0.2) is 0 Å². The minimum atomic E-state index is -0.478. The number of aliphatic hydroxyl groups is 1. The molecule has 2 rings (SSSR count). The van der Waals surface area contributed by atoms with E-state index in [0.717, 1.165) is 35.3 Å². The average molecular weight is 305 g/mol. The van der Waals surface area contributed by atoms with Crippen LogP contribution in [0.4, 0.5) is 0 Å². The average Bonchev–Trinajstić information content (AvgIpc) is 2.47. The van der Waals surface area contributed by atoms with Crippen LogP contribution in [0, 0.1) is 12.8 Å². The van der Waals surface area contributed by atoms with Gasteiger partial charge in [-0.1, -0.05) is 20.8 Å². The summed E-state index contributed by atoms with van der Waals surface area (Å²) >= 11 is 0. The molecule has 1 aromatic carbocycles. The van der Waals surface area contributed by atoms with Gasteiger partial charge in [0.25, 0.3) is 0 Å². The summed E-state index contributed by atoms with van der Waals surface area (Å²) in [6.07, 6.45) is 1.49. The molecule has 0 fully saturated rings. The van der Waals surface area contributed by atoms with Crippen molar-refractivity contribution in [1.29, 1.82) is 0 Å². The van der Waals surface area contributed by atoms with Crippen molar-refractivity contribution in [2.75, 3.05) is 6.61 Å². The maximum absolute atomic E-state index is 11.7. The van der Waals surface area contributed by atoms with E-state index >= 15 is 0 Å². The van der Waals surface area contributed by atoms with E-state index in [-0.39, 0.29) is 11.9 Å². The van der Waals surface area contributed by atoms with Crippen molar-refractivity contribution in [2.45, 2.75) is 59.1 Å². The van der Waals surface area contributed by atoms with Crippen molar-refractivity contribution in [3.05, 3.63) is 28.8 Å². The van der Waals surface area contributed by atoms with E-state index < -0.39 is 6.10 Å². The number of hydrogen-bond acceptors (Lipinski definition) is 3. The third-order valence-electron chi connectivity index (χ3n) is 4.09. The highest BCUT2D eigenvalue weighted by Gasteiger charge is 2.26. The Bertz CT molecular complexity index is 539. The molecule has 2 N–H and O–H groups in total. The van der Waals surface area contributed by atoms with Crippen LogP contribution in [-0.2, 0) is 4.79 Å². The normalized spacial score (nSPS) is 18.5. The number of aliphatic hydroxyl groups excluding tert-OH is 1. The van der Waals surface area contributed by atoms with Gasteiger partial charge in [-0.3, -0.25) is 4.79 Å². The second-order valence-electron chi connectivity index (χ2n) is 6.51. The van der Waals surface area contributed by atoms with Crippen LogP contribution in [0.1, 0.15) is 68.9 Å². The molecule has 4 heteroatoms. The third kappa shape index (κ3) is 3.80. The predicted octanol–water partition coefficient (Wildman–Crippen LogP) is 3.42. The molecule has 1 aliphatic rings. The van der Waals surface area contributed by atoms with Gasteiger partial charge in [-0.15, -0.1) is 0 Å². The molecule has 0 aliphatic carbocycles. The Labute approximate surface area is 132 Å². The van der Waals surface area contributed by atoms with Gasteiger partial charge in [0.1, 0.15) is 5.75 Å². The van der Waals surface area contributed by atoms with E-state index in [1.807, 2.05) is 26.0 Å². The van der Waals surface area contributed by atoms with Crippen molar-refractivity contribution in [3.8, 4) is 5.75 Å². The molecule has 0 bridgehead atoms. The van der Waals surface area contributed by atoms with E-state index in [1.165, 1.54) is 0 Å². The molecule has 122 valence electrons. The summed E-state index contributed by atoms with van der Waals surface area (Å²) in [5.74, 6) is 1.33. The highest BCUT2D eigenvalue weighted by atomic mass is 16.5. The Morgan fingerprint density at radius 1 is 1.45 bits per heavy atom. The number of ether oxygens (including phenoxy) is 1. The Kier molecular flexibility index (Phi) is 5.46. The van der Waals surface area contributed by atoms with E-state index in [1.54, 1.807) is 0 Å². The largest absolute Gasteiger partial charge is 0.493 e. The summed E-state index contributed by atoms with van der Waals surface area (Å²) in [5.41, 5.74) is 2.92. The van der Waals surface area contributed by atoms with Crippen LogP contribution in [0.3, 0.4) is 0 Å². The van der Waals surface area contributed by atoms with Crippen LogP contribution in [0.5, 0.6) is 5.75 Å². The third-order valence-corrected chi connectivity index (χ3v) is 4.09. The molecule has 0 spiro atoms. The van der Waals surface area contributed by atoms with Crippen molar-refractivity contribution >= 4 is 5.91 Å². The van der Waals surface area contributed by atoms with Crippen LogP contribution in [0.2, 0.25) is 0 Å². The molecule has 22 heavy (non-hydrogen) atoms. The molecule has 0 aromatic heterocycles. The molecular weight excluding hydrogens is 278 g/mol. The van der Waals surface area contributed by atoms with Crippen LogP contribution in [0.15, 0.2) is 12.1 Å². The zero-order valence-electron chi connectivity index (χ0n) is 14.0. The fraction of sp³-hybridized carbons (Fsp3) is 0.611. The molecule has 1 aromatic rings. The number of benzene rings is 1. The summed E-state index contributed by atoms with van der Waals surface area (Å²) in [6.45, 7) is 8.65. The first-order valence-corrected chi connectivity index (χ1v) is 8.17. The van der Waals surface area contributed by atoms with E-state index in [2.05, 4.69) is 19.2 Å². The number of fused-ring (bicyclic) bond motifs is 1. The van der Waals surface area contributed by atoms with Gasteiger partial charge in [-0.05, 0) is 42.5 Å². The van der Waals surface area contributed by atoms with Gasteiger partial charge in [0.05, 0.1) is 18.8 Å². The molecular formula is C18H27NO3. The molecule has 1 amide bonds. The minimum absolute atomic E-state index is 0.0268. The number of hydrogen-bond donors (Lipinski definition) is 2. The Morgan fingerprint density at radius 2 is 2.18 bits per heavy atom. The summed E-state index contributed by atoms with van der Waals surface area (Å²) in [4.78, 5) is 11.7. The Morgan fingerprint density at radius 3 is 2.82 bits per heavy atom. The summed E-state index contributed by atoms with van der Waals surface area (Å²) in [6, 6.07) is 3.96. The summed E-state index contributed by atoms with van der Waals surface area (Å²) in [7, 11) is 0.